The molecule has 0 heterocycles. The van der Waals surface area contributed by atoms with Gasteiger partial charge in [0.05, 0.1) is 19.1 Å². The van der Waals surface area contributed by atoms with Crippen molar-refractivity contribution in [2.75, 3.05) is 26.1 Å². The van der Waals surface area contributed by atoms with E-state index < -0.39 is 23.4 Å². The van der Waals surface area contributed by atoms with Crippen molar-refractivity contribution < 1.29 is 28.7 Å². The summed E-state index contributed by atoms with van der Waals surface area (Å²) in [5, 5.41) is 13.6. The van der Waals surface area contributed by atoms with Gasteiger partial charge in [0.2, 0.25) is 0 Å². The minimum absolute atomic E-state index is 0.00684. The number of anilines is 1. The molecular weight excluding hydrogens is 368 g/mol. The highest BCUT2D eigenvalue weighted by atomic mass is 16.6. The minimum atomic E-state index is -0.700. The summed E-state index contributed by atoms with van der Waals surface area (Å²) in [6, 6.07) is 7.66. The summed E-state index contributed by atoms with van der Waals surface area (Å²) in [7, 11) is 2.72. The molecule has 0 atom stereocenters. The van der Waals surface area contributed by atoms with E-state index in [0.717, 1.165) is 5.56 Å². The Hall–Kier alpha value is -3.62. The van der Waals surface area contributed by atoms with Crippen LogP contribution < -0.4 is 14.8 Å². The third-order valence-corrected chi connectivity index (χ3v) is 3.91. The van der Waals surface area contributed by atoms with Crippen molar-refractivity contribution in [3.63, 3.8) is 0 Å². The largest absolute Gasteiger partial charge is 0.496 e. The predicted octanol–water partition coefficient (Wildman–Crippen LogP) is 3.02. The Balaban J connectivity index is 2.08. The molecule has 0 aromatic heterocycles. The van der Waals surface area contributed by atoms with Crippen LogP contribution in [0.1, 0.15) is 21.5 Å². The Labute approximate surface area is 161 Å². The summed E-state index contributed by atoms with van der Waals surface area (Å²) in [5.74, 6) is -0.952. The Morgan fingerprint density at radius 2 is 1.75 bits per heavy atom. The SMILES string of the molecule is COc1ccc(C)cc1C(=O)OCC(=O)Nc1cc(OC)c([N+](=O)[O-])cc1C. The fraction of sp³-hybridized carbons (Fsp3) is 0.263. The number of nitrogens with one attached hydrogen (secondary N) is 1. The van der Waals surface area contributed by atoms with Gasteiger partial charge in [0.15, 0.2) is 12.4 Å². The van der Waals surface area contributed by atoms with E-state index in [1.165, 1.54) is 26.4 Å². The molecule has 2 aromatic rings. The molecule has 0 radical (unpaired) electrons. The molecule has 0 saturated heterocycles. The van der Waals surface area contributed by atoms with Crippen LogP contribution in [0, 0.1) is 24.0 Å². The molecule has 2 aromatic carbocycles. The van der Waals surface area contributed by atoms with Gasteiger partial charge in [-0.05, 0) is 31.5 Å². The van der Waals surface area contributed by atoms with Crippen LogP contribution in [0.15, 0.2) is 30.3 Å². The van der Waals surface area contributed by atoms with Crippen LogP contribution in [0.3, 0.4) is 0 Å². The van der Waals surface area contributed by atoms with Gasteiger partial charge in [-0.1, -0.05) is 11.6 Å². The third-order valence-electron chi connectivity index (χ3n) is 3.91. The summed E-state index contributed by atoms with van der Waals surface area (Å²) in [4.78, 5) is 34.8. The Morgan fingerprint density at radius 1 is 1.07 bits per heavy atom. The zero-order valence-corrected chi connectivity index (χ0v) is 15.9. The van der Waals surface area contributed by atoms with Gasteiger partial charge in [-0.3, -0.25) is 14.9 Å². The lowest BCUT2D eigenvalue weighted by atomic mass is 10.1. The quantitative estimate of drug-likeness (QED) is 0.440. The molecule has 0 spiro atoms. The van der Waals surface area contributed by atoms with Gasteiger partial charge in [-0.15, -0.1) is 0 Å². The number of rotatable bonds is 7. The zero-order chi connectivity index (χ0) is 20.8. The maximum absolute atomic E-state index is 12.2. The van der Waals surface area contributed by atoms with Crippen molar-refractivity contribution >= 4 is 23.3 Å². The van der Waals surface area contributed by atoms with Crippen molar-refractivity contribution in [3.05, 3.63) is 57.1 Å². The van der Waals surface area contributed by atoms with E-state index in [1.54, 1.807) is 25.1 Å². The van der Waals surface area contributed by atoms with E-state index in [9.17, 15) is 19.7 Å². The lowest BCUT2D eigenvalue weighted by Crippen LogP contribution is -2.21. The molecule has 0 aliphatic carbocycles. The maximum Gasteiger partial charge on any atom is 0.342 e. The smallest absolute Gasteiger partial charge is 0.342 e. The standard InChI is InChI=1S/C19H20N2O7/c1-11-5-6-16(26-3)13(7-11)19(23)28-10-18(22)20-14-9-17(27-4)15(21(24)25)8-12(14)2/h5-9H,10H2,1-4H3,(H,20,22). The molecule has 28 heavy (non-hydrogen) atoms. The number of methoxy groups -OCH3 is 2. The fourth-order valence-electron chi connectivity index (χ4n) is 2.49. The van der Waals surface area contributed by atoms with E-state index >= 15 is 0 Å². The number of nitro groups is 1. The molecule has 0 fully saturated rings. The first-order valence-electron chi connectivity index (χ1n) is 8.21. The normalized spacial score (nSPS) is 10.1. The topological polar surface area (TPSA) is 117 Å². The fourth-order valence-corrected chi connectivity index (χ4v) is 2.49. The number of aryl methyl sites for hydroxylation is 2. The highest BCUT2D eigenvalue weighted by molar-refractivity contribution is 5.97. The Morgan fingerprint density at radius 3 is 2.36 bits per heavy atom. The number of nitro benzene ring substituents is 1. The van der Waals surface area contributed by atoms with E-state index in [2.05, 4.69) is 5.32 Å². The van der Waals surface area contributed by atoms with Gasteiger partial charge in [-0.2, -0.15) is 0 Å². The number of hydrogen-bond acceptors (Lipinski definition) is 7. The van der Waals surface area contributed by atoms with Gasteiger partial charge >= 0.3 is 11.7 Å². The first kappa shape index (κ1) is 20.7. The summed E-state index contributed by atoms with van der Waals surface area (Å²) in [6.07, 6.45) is 0. The van der Waals surface area contributed by atoms with Crippen LogP contribution in [0.2, 0.25) is 0 Å². The molecule has 0 saturated carbocycles. The Bertz CT molecular complexity index is 925. The van der Waals surface area contributed by atoms with Crippen molar-refractivity contribution in [1.29, 1.82) is 0 Å². The summed E-state index contributed by atoms with van der Waals surface area (Å²) >= 11 is 0. The molecule has 0 bridgehead atoms. The molecule has 0 aliphatic heterocycles. The van der Waals surface area contributed by atoms with Crippen molar-refractivity contribution in [2.24, 2.45) is 0 Å². The molecule has 0 aliphatic rings. The van der Waals surface area contributed by atoms with Crippen LogP contribution in [0.25, 0.3) is 0 Å². The van der Waals surface area contributed by atoms with E-state index in [1.807, 2.05) is 6.92 Å². The van der Waals surface area contributed by atoms with Gasteiger partial charge in [0.25, 0.3) is 5.91 Å². The van der Waals surface area contributed by atoms with Crippen molar-refractivity contribution in [2.45, 2.75) is 13.8 Å². The Kier molecular flexibility index (Phi) is 6.54. The predicted molar refractivity (Wildman–Crippen MR) is 101 cm³/mol. The number of benzene rings is 2. The summed E-state index contributed by atoms with van der Waals surface area (Å²) < 4.78 is 15.2. The second-order valence-electron chi connectivity index (χ2n) is 5.92. The average Bonchev–Trinajstić information content (AvgIpc) is 2.67. The molecule has 9 nitrogen and oxygen atoms in total. The molecule has 2 rings (SSSR count). The van der Waals surface area contributed by atoms with Crippen LogP contribution in [0.5, 0.6) is 11.5 Å². The molecule has 148 valence electrons. The van der Waals surface area contributed by atoms with Gasteiger partial charge < -0.3 is 19.5 Å². The zero-order valence-electron chi connectivity index (χ0n) is 15.9. The van der Waals surface area contributed by atoms with E-state index in [0.29, 0.717) is 17.0 Å². The van der Waals surface area contributed by atoms with E-state index in [4.69, 9.17) is 14.2 Å². The first-order valence-corrected chi connectivity index (χ1v) is 8.21. The monoisotopic (exact) mass is 388 g/mol. The lowest BCUT2D eigenvalue weighted by molar-refractivity contribution is -0.385. The number of esters is 1. The van der Waals surface area contributed by atoms with Crippen LogP contribution >= 0.6 is 0 Å². The van der Waals surface area contributed by atoms with Crippen LogP contribution in [-0.2, 0) is 9.53 Å². The van der Waals surface area contributed by atoms with Gasteiger partial charge in [-0.25, -0.2) is 4.79 Å². The molecular formula is C19H20N2O7. The third kappa shape index (κ3) is 4.76. The summed E-state index contributed by atoms with van der Waals surface area (Å²) in [5.41, 5.74) is 1.62. The first-order chi connectivity index (χ1) is 13.3. The second kappa shape index (κ2) is 8.85. The van der Waals surface area contributed by atoms with Crippen molar-refractivity contribution in [1.82, 2.24) is 0 Å². The molecule has 1 N–H and O–H groups in total. The average molecular weight is 388 g/mol. The van der Waals surface area contributed by atoms with Crippen LogP contribution in [-0.4, -0.2) is 37.6 Å². The van der Waals surface area contributed by atoms with Gasteiger partial charge in [0.1, 0.15) is 11.3 Å². The van der Waals surface area contributed by atoms with Gasteiger partial charge in [0, 0.05) is 17.8 Å². The lowest BCUT2D eigenvalue weighted by Gasteiger charge is -2.12. The highest BCUT2D eigenvalue weighted by Gasteiger charge is 2.19. The van der Waals surface area contributed by atoms with E-state index in [-0.39, 0.29) is 17.0 Å². The number of carbonyl (C=O) groups is 2. The number of hydrogen-bond donors (Lipinski definition) is 1. The summed E-state index contributed by atoms with van der Waals surface area (Å²) in [6.45, 7) is 2.88. The molecule has 1 amide bonds. The minimum Gasteiger partial charge on any atom is -0.496 e. The van der Waals surface area contributed by atoms with Crippen molar-refractivity contribution in [3.8, 4) is 11.5 Å². The highest BCUT2D eigenvalue weighted by Crippen LogP contribution is 2.32. The number of carbonyl (C=O) groups excluding carboxylic acids is 2. The maximum atomic E-state index is 12.2. The van der Waals surface area contributed by atoms with Crippen LogP contribution in [0.4, 0.5) is 11.4 Å². The second-order valence-corrected chi connectivity index (χ2v) is 5.92. The molecule has 9 heteroatoms. The number of nitrogens with zero attached hydrogens (tertiary/aromatic N) is 1. The number of ether oxygens (including phenoxy) is 3. The molecule has 0 unspecified atom stereocenters. The number of amides is 1.